The van der Waals surface area contributed by atoms with Gasteiger partial charge in [0.05, 0.1) is 6.04 Å². The van der Waals surface area contributed by atoms with Gasteiger partial charge in [0, 0.05) is 18.3 Å². The van der Waals surface area contributed by atoms with Crippen molar-refractivity contribution in [2.75, 3.05) is 6.54 Å². The number of carbonyl (C=O) groups is 4. The standard InChI is InChI=1S/C27H32N6O5S/c1-16(2)22-27-32-21(14-39-27)26(37)31-19(12-17-8-4-3-5-9-17)23(34)28-11-7-6-10-18(24(35)33-22)30-25(36)20-13-38-15-29-20/h3-5,8-9,13-16,18-19,22H,6-7,10-12H2,1-2H3,(H,28,34)(H,30,36)(H,31,37)(H,33,35)/t18-,19+,22+/m0/s1. The molecule has 3 atom stereocenters. The Labute approximate surface area is 230 Å². The molecule has 0 aliphatic carbocycles. The van der Waals surface area contributed by atoms with Crippen molar-refractivity contribution in [2.24, 2.45) is 5.92 Å². The van der Waals surface area contributed by atoms with Crippen molar-refractivity contribution < 1.29 is 23.6 Å². The highest BCUT2D eigenvalue weighted by atomic mass is 32.1. The summed E-state index contributed by atoms with van der Waals surface area (Å²) in [6.45, 7) is 4.22. The number of rotatable bonds is 5. The molecule has 39 heavy (non-hydrogen) atoms. The molecule has 0 fully saturated rings. The summed E-state index contributed by atoms with van der Waals surface area (Å²) in [6, 6.07) is 7.37. The van der Waals surface area contributed by atoms with Crippen molar-refractivity contribution in [1.82, 2.24) is 31.2 Å². The molecule has 1 aromatic carbocycles. The summed E-state index contributed by atoms with van der Waals surface area (Å²) in [5.74, 6) is -1.70. The number of hydrogen-bond donors (Lipinski definition) is 4. The van der Waals surface area contributed by atoms with E-state index in [4.69, 9.17) is 4.42 Å². The number of aromatic nitrogens is 2. The Morgan fingerprint density at radius 1 is 1.13 bits per heavy atom. The Kier molecular flexibility index (Phi) is 9.42. The molecule has 2 bridgehead atoms. The average Bonchev–Trinajstić information content (AvgIpc) is 3.63. The average molecular weight is 553 g/mol. The molecule has 0 saturated carbocycles. The molecule has 1 aliphatic rings. The zero-order chi connectivity index (χ0) is 27.8. The van der Waals surface area contributed by atoms with Crippen LogP contribution in [0.1, 0.15) is 70.7 Å². The molecular formula is C27H32N6O5S. The third-order valence-electron chi connectivity index (χ3n) is 6.40. The molecule has 4 amide bonds. The number of amides is 4. The molecule has 0 radical (unpaired) electrons. The molecule has 12 heteroatoms. The van der Waals surface area contributed by atoms with Gasteiger partial charge in [0.15, 0.2) is 12.1 Å². The quantitative estimate of drug-likeness (QED) is 0.379. The molecule has 1 aliphatic heterocycles. The summed E-state index contributed by atoms with van der Waals surface area (Å²) in [6.07, 6.45) is 4.17. The second kappa shape index (κ2) is 13.1. The van der Waals surface area contributed by atoms with Gasteiger partial charge in [-0.15, -0.1) is 11.3 Å². The topological polar surface area (TPSA) is 155 Å². The third kappa shape index (κ3) is 7.50. The molecule has 4 rings (SSSR count). The summed E-state index contributed by atoms with van der Waals surface area (Å²) in [5, 5.41) is 13.6. The normalized spacial score (nSPS) is 21.1. The first kappa shape index (κ1) is 28.0. The van der Waals surface area contributed by atoms with E-state index in [9.17, 15) is 19.2 Å². The molecular weight excluding hydrogens is 520 g/mol. The summed E-state index contributed by atoms with van der Waals surface area (Å²) in [4.78, 5) is 60.5. The van der Waals surface area contributed by atoms with Crippen LogP contribution in [-0.4, -0.2) is 52.2 Å². The van der Waals surface area contributed by atoms with Gasteiger partial charge < -0.3 is 25.7 Å². The number of thiazole rings is 1. The second-order valence-corrected chi connectivity index (χ2v) is 10.6. The second-order valence-electron chi connectivity index (χ2n) is 9.70. The van der Waals surface area contributed by atoms with Gasteiger partial charge >= 0.3 is 0 Å². The maximum absolute atomic E-state index is 13.3. The van der Waals surface area contributed by atoms with E-state index in [0.717, 1.165) is 12.0 Å². The Hall–Kier alpha value is -4.06. The van der Waals surface area contributed by atoms with Crippen LogP contribution in [0.4, 0.5) is 0 Å². The van der Waals surface area contributed by atoms with Crippen LogP contribution >= 0.6 is 11.3 Å². The van der Waals surface area contributed by atoms with Crippen molar-refractivity contribution in [3.8, 4) is 0 Å². The first-order valence-corrected chi connectivity index (χ1v) is 13.8. The number of carbonyl (C=O) groups excluding carboxylic acids is 4. The molecule has 3 heterocycles. The number of oxazole rings is 1. The smallest absolute Gasteiger partial charge is 0.273 e. The van der Waals surface area contributed by atoms with E-state index < -0.39 is 29.9 Å². The van der Waals surface area contributed by atoms with Crippen LogP contribution < -0.4 is 21.3 Å². The van der Waals surface area contributed by atoms with Crippen molar-refractivity contribution in [2.45, 2.75) is 57.7 Å². The minimum Gasteiger partial charge on any atom is -0.451 e. The lowest BCUT2D eigenvalue weighted by Crippen LogP contribution is -2.49. The first-order chi connectivity index (χ1) is 18.8. The summed E-state index contributed by atoms with van der Waals surface area (Å²) in [7, 11) is 0. The van der Waals surface area contributed by atoms with Gasteiger partial charge in [0.2, 0.25) is 11.8 Å². The molecule has 206 valence electrons. The van der Waals surface area contributed by atoms with Crippen molar-refractivity contribution in [3.63, 3.8) is 0 Å². The van der Waals surface area contributed by atoms with E-state index in [1.807, 2.05) is 44.2 Å². The van der Waals surface area contributed by atoms with Gasteiger partial charge in [-0.05, 0) is 30.7 Å². The Bertz CT molecular complexity index is 1280. The zero-order valence-electron chi connectivity index (χ0n) is 21.8. The van der Waals surface area contributed by atoms with Crippen molar-refractivity contribution in [1.29, 1.82) is 0 Å². The Morgan fingerprint density at radius 2 is 1.92 bits per heavy atom. The molecule has 11 nitrogen and oxygen atoms in total. The number of fused-ring (bicyclic) bond motifs is 2. The lowest BCUT2D eigenvalue weighted by molar-refractivity contribution is -0.124. The maximum atomic E-state index is 13.3. The van der Waals surface area contributed by atoms with Gasteiger partial charge in [-0.1, -0.05) is 44.2 Å². The monoisotopic (exact) mass is 552 g/mol. The maximum Gasteiger partial charge on any atom is 0.273 e. The minimum absolute atomic E-state index is 0.0432. The highest BCUT2D eigenvalue weighted by Gasteiger charge is 2.29. The van der Waals surface area contributed by atoms with Gasteiger partial charge in [-0.3, -0.25) is 19.2 Å². The molecule has 2 aromatic heterocycles. The van der Waals surface area contributed by atoms with E-state index >= 15 is 0 Å². The highest BCUT2D eigenvalue weighted by molar-refractivity contribution is 7.09. The summed E-state index contributed by atoms with van der Waals surface area (Å²) >= 11 is 1.25. The van der Waals surface area contributed by atoms with Crippen molar-refractivity contribution >= 4 is 35.0 Å². The van der Waals surface area contributed by atoms with Crippen LogP contribution in [0.25, 0.3) is 0 Å². The Morgan fingerprint density at radius 3 is 2.64 bits per heavy atom. The lowest BCUT2D eigenvalue weighted by Gasteiger charge is -2.25. The highest BCUT2D eigenvalue weighted by Crippen LogP contribution is 2.26. The fraction of sp³-hybridized carbons (Fsp3) is 0.407. The van der Waals surface area contributed by atoms with Crippen LogP contribution in [0, 0.1) is 5.92 Å². The molecule has 0 unspecified atom stereocenters. The number of benzene rings is 1. The fourth-order valence-electron chi connectivity index (χ4n) is 4.23. The van der Waals surface area contributed by atoms with E-state index in [-0.39, 0.29) is 29.1 Å². The number of nitrogens with zero attached hydrogens (tertiary/aromatic N) is 2. The zero-order valence-corrected chi connectivity index (χ0v) is 22.6. The van der Waals surface area contributed by atoms with E-state index in [0.29, 0.717) is 37.2 Å². The molecule has 0 spiro atoms. The van der Waals surface area contributed by atoms with Crippen LogP contribution in [0.3, 0.4) is 0 Å². The van der Waals surface area contributed by atoms with Crippen LogP contribution in [-0.2, 0) is 16.0 Å². The van der Waals surface area contributed by atoms with Gasteiger partial charge in [-0.2, -0.15) is 0 Å². The number of nitrogens with one attached hydrogen (secondary N) is 4. The summed E-state index contributed by atoms with van der Waals surface area (Å²) in [5.41, 5.74) is 1.16. The largest absolute Gasteiger partial charge is 0.451 e. The van der Waals surface area contributed by atoms with Gasteiger partial charge in [0.25, 0.3) is 11.8 Å². The van der Waals surface area contributed by atoms with Gasteiger partial charge in [0.1, 0.15) is 29.0 Å². The van der Waals surface area contributed by atoms with E-state index in [1.165, 1.54) is 17.6 Å². The van der Waals surface area contributed by atoms with Gasteiger partial charge in [-0.25, -0.2) is 9.97 Å². The van der Waals surface area contributed by atoms with Crippen LogP contribution in [0.5, 0.6) is 0 Å². The molecule has 0 saturated heterocycles. The minimum atomic E-state index is -0.840. The lowest BCUT2D eigenvalue weighted by atomic mass is 10.0. The SMILES string of the molecule is CC(C)[C@H]1NC(=O)[C@@H](NC(=O)c2cocn2)CCCCNC(=O)[C@@H](Cc2ccccc2)NC(=O)c2csc1n2. The summed E-state index contributed by atoms with van der Waals surface area (Å²) < 4.78 is 4.89. The predicted octanol–water partition coefficient (Wildman–Crippen LogP) is 2.38. The third-order valence-corrected chi connectivity index (χ3v) is 7.32. The van der Waals surface area contributed by atoms with E-state index in [2.05, 4.69) is 31.2 Å². The first-order valence-electron chi connectivity index (χ1n) is 12.9. The fourth-order valence-corrected chi connectivity index (χ4v) is 5.25. The van der Waals surface area contributed by atoms with Crippen LogP contribution in [0.2, 0.25) is 0 Å². The predicted molar refractivity (Wildman–Crippen MR) is 144 cm³/mol. The Balaban J connectivity index is 1.57. The molecule has 3 aromatic rings. The van der Waals surface area contributed by atoms with E-state index in [1.54, 1.807) is 5.38 Å². The molecule has 4 N–H and O–H groups in total. The number of hydrogen-bond acceptors (Lipinski definition) is 8. The van der Waals surface area contributed by atoms with Crippen molar-refractivity contribution in [3.05, 3.63) is 70.3 Å². The van der Waals surface area contributed by atoms with Crippen LogP contribution in [0.15, 0.2) is 52.8 Å².